The van der Waals surface area contributed by atoms with Crippen LogP contribution in [-0.2, 0) is 5.88 Å². The summed E-state index contributed by atoms with van der Waals surface area (Å²) in [4.78, 5) is 0. The number of halogens is 1. The maximum atomic E-state index is 2.30. The van der Waals surface area contributed by atoms with Crippen LogP contribution in [0.5, 0.6) is 0 Å². The molecule has 0 aliphatic rings. The zero-order chi connectivity index (χ0) is 13.2. The molecule has 0 saturated carbocycles. The Labute approximate surface area is 129 Å². The molecule has 110 valence electrons. The van der Waals surface area contributed by atoms with E-state index in [2.05, 4.69) is 43.8 Å². The third-order valence-electron chi connectivity index (χ3n) is 3.38. The Morgan fingerprint density at radius 2 is 1.68 bits per heavy atom. The molecule has 0 aliphatic heterocycles. The minimum Gasteiger partial charge on any atom is -1.00 e. The van der Waals surface area contributed by atoms with E-state index in [4.69, 9.17) is 0 Å². The zero-order valence-corrected chi connectivity index (χ0v) is 14.2. The topological polar surface area (TPSA) is 3.88 Å². The van der Waals surface area contributed by atoms with Gasteiger partial charge < -0.3 is 12.4 Å². The van der Waals surface area contributed by atoms with Crippen molar-refractivity contribution in [3.63, 3.8) is 0 Å². The van der Waals surface area contributed by atoms with Crippen LogP contribution in [0.2, 0.25) is 0 Å². The lowest BCUT2D eigenvalue weighted by atomic mass is 10.1. The molecule has 0 unspecified atom stereocenters. The Kier molecular flexibility index (Phi) is 11.5. The second kappa shape index (κ2) is 11.6. The first-order valence-electron chi connectivity index (χ1n) is 7.28. The number of aromatic nitrogens is 1. The average Bonchev–Trinajstić information content (AvgIpc) is 2.37. The SMILES string of the molecule is CCCCCCCCSC[n+]1ccc(C)c(C)c1.[Cl-]. The van der Waals surface area contributed by atoms with Crippen molar-refractivity contribution in [2.75, 3.05) is 5.75 Å². The van der Waals surface area contributed by atoms with Crippen molar-refractivity contribution in [2.24, 2.45) is 0 Å². The predicted octanol–water partition coefficient (Wildman–Crippen LogP) is 1.65. The number of unbranched alkanes of at least 4 members (excludes halogenated alkanes) is 5. The highest BCUT2D eigenvalue weighted by atomic mass is 35.5. The fourth-order valence-corrected chi connectivity index (χ4v) is 2.88. The maximum Gasteiger partial charge on any atom is 0.194 e. The lowest BCUT2D eigenvalue weighted by Crippen LogP contribution is -3.00. The Hall–Kier alpha value is -0.210. The van der Waals surface area contributed by atoms with Crippen molar-refractivity contribution < 1.29 is 17.0 Å². The summed E-state index contributed by atoms with van der Waals surface area (Å²) in [6.07, 6.45) is 12.8. The zero-order valence-electron chi connectivity index (χ0n) is 12.6. The van der Waals surface area contributed by atoms with Gasteiger partial charge in [0.15, 0.2) is 18.3 Å². The molecule has 1 nitrogen and oxygen atoms in total. The first kappa shape index (κ1) is 18.8. The molecular weight excluding hydrogens is 274 g/mol. The molecule has 0 atom stereocenters. The second-order valence-electron chi connectivity index (χ2n) is 5.13. The van der Waals surface area contributed by atoms with E-state index in [1.807, 2.05) is 11.8 Å². The van der Waals surface area contributed by atoms with Crippen LogP contribution in [0, 0.1) is 13.8 Å². The van der Waals surface area contributed by atoms with Crippen LogP contribution in [-0.4, -0.2) is 5.75 Å². The monoisotopic (exact) mass is 301 g/mol. The van der Waals surface area contributed by atoms with Crippen LogP contribution in [0.4, 0.5) is 0 Å². The van der Waals surface area contributed by atoms with Crippen LogP contribution in [0.1, 0.15) is 56.6 Å². The minimum atomic E-state index is 0. The Morgan fingerprint density at radius 1 is 1.00 bits per heavy atom. The number of rotatable bonds is 9. The lowest BCUT2D eigenvalue weighted by molar-refractivity contribution is -0.676. The molecule has 1 rings (SSSR count). The summed E-state index contributed by atoms with van der Waals surface area (Å²) in [5.74, 6) is 2.39. The van der Waals surface area contributed by atoms with E-state index in [0.29, 0.717) is 0 Å². The molecule has 0 radical (unpaired) electrons. The van der Waals surface area contributed by atoms with Gasteiger partial charge in [-0.2, -0.15) is 4.57 Å². The van der Waals surface area contributed by atoms with Gasteiger partial charge in [-0.3, -0.25) is 0 Å². The quantitative estimate of drug-likeness (QED) is 0.495. The number of thioether (sulfide) groups is 1. The smallest absolute Gasteiger partial charge is 0.194 e. The molecule has 0 aromatic carbocycles. The summed E-state index contributed by atoms with van der Waals surface area (Å²) >= 11 is 2.05. The number of pyridine rings is 1. The van der Waals surface area contributed by atoms with E-state index in [1.165, 1.54) is 55.4 Å². The van der Waals surface area contributed by atoms with E-state index in [0.717, 1.165) is 5.88 Å². The van der Waals surface area contributed by atoms with Gasteiger partial charge in [-0.15, -0.1) is 0 Å². The Balaban J connectivity index is 0.00000324. The first-order valence-corrected chi connectivity index (χ1v) is 8.43. The van der Waals surface area contributed by atoms with Gasteiger partial charge in [0.2, 0.25) is 0 Å². The second-order valence-corrected chi connectivity index (χ2v) is 6.20. The minimum absolute atomic E-state index is 0. The van der Waals surface area contributed by atoms with Crippen LogP contribution >= 0.6 is 11.8 Å². The molecule has 1 aromatic rings. The molecule has 1 heterocycles. The molecule has 3 heteroatoms. The van der Waals surface area contributed by atoms with Crippen molar-refractivity contribution in [3.05, 3.63) is 29.6 Å². The van der Waals surface area contributed by atoms with Crippen molar-refractivity contribution >= 4 is 11.8 Å². The summed E-state index contributed by atoms with van der Waals surface area (Å²) in [5, 5.41) is 0. The van der Waals surface area contributed by atoms with Gasteiger partial charge in [-0.05, 0) is 31.6 Å². The van der Waals surface area contributed by atoms with E-state index in [-0.39, 0.29) is 12.4 Å². The number of hydrogen-bond acceptors (Lipinski definition) is 1. The van der Waals surface area contributed by atoms with Gasteiger partial charge in [0.25, 0.3) is 0 Å². The molecule has 0 aliphatic carbocycles. The van der Waals surface area contributed by atoms with Gasteiger partial charge in [-0.25, -0.2) is 0 Å². The standard InChI is InChI=1S/C16H28NS.ClH/c1-4-5-6-7-8-9-12-18-14-17-11-10-15(2)16(3)13-17;/h10-11,13H,4-9,12,14H2,1-3H3;1H/q+1;/p-1. The van der Waals surface area contributed by atoms with Crippen molar-refractivity contribution in [2.45, 2.75) is 65.2 Å². The molecule has 0 bridgehead atoms. The maximum absolute atomic E-state index is 2.30. The molecular formula is C16H28ClNS. The van der Waals surface area contributed by atoms with E-state index in [1.54, 1.807) is 0 Å². The van der Waals surface area contributed by atoms with E-state index in [9.17, 15) is 0 Å². The predicted molar refractivity (Wildman–Crippen MR) is 81.9 cm³/mol. The summed E-state index contributed by atoms with van der Waals surface area (Å²) in [6, 6.07) is 2.21. The lowest BCUT2D eigenvalue weighted by Gasteiger charge is -2.01. The van der Waals surface area contributed by atoms with Gasteiger partial charge in [0, 0.05) is 11.6 Å². The van der Waals surface area contributed by atoms with E-state index < -0.39 is 0 Å². The number of hydrogen-bond donors (Lipinski definition) is 0. The molecule has 0 amide bonds. The normalized spacial score (nSPS) is 10.3. The highest BCUT2D eigenvalue weighted by Gasteiger charge is 2.02. The molecule has 1 aromatic heterocycles. The van der Waals surface area contributed by atoms with Crippen LogP contribution < -0.4 is 17.0 Å². The third kappa shape index (κ3) is 8.54. The van der Waals surface area contributed by atoms with Crippen molar-refractivity contribution in [1.29, 1.82) is 0 Å². The van der Waals surface area contributed by atoms with Crippen molar-refractivity contribution in [3.8, 4) is 0 Å². The first-order chi connectivity index (χ1) is 8.74. The van der Waals surface area contributed by atoms with Crippen LogP contribution in [0.25, 0.3) is 0 Å². The fraction of sp³-hybridized carbons (Fsp3) is 0.688. The summed E-state index contributed by atoms with van der Waals surface area (Å²) in [7, 11) is 0. The Morgan fingerprint density at radius 3 is 2.37 bits per heavy atom. The summed E-state index contributed by atoms with van der Waals surface area (Å²) in [5.41, 5.74) is 2.77. The van der Waals surface area contributed by atoms with Gasteiger partial charge >= 0.3 is 0 Å². The highest BCUT2D eigenvalue weighted by Crippen LogP contribution is 2.10. The molecule has 0 spiro atoms. The summed E-state index contributed by atoms with van der Waals surface area (Å²) < 4.78 is 2.30. The molecule has 0 fully saturated rings. The van der Waals surface area contributed by atoms with Gasteiger partial charge in [-0.1, -0.05) is 50.8 Å². The van der Waals surface area contributed by atoms with Crippen LogP contribution in [0.15, 0.2) is 18.5 Å². The molecule has 19 heavy (non-hydrogen) atoms. The van der Waals surface area contributed by atoms with Gasteiger partial charge in [0.1, 0.15) is 0 Å². The van der Waals surface area contributed by atoms with Gasteiger partial charge in [0.05, 0.1) is 0 Å². The summed E-state index contributed by atoms with van der Waals surface area (Å²) in [6.45, 7) is 6.63. The average molecular weight is 302 g/mol. The molecule has 0 saturated heterocycles. The van der Waals surface area contributed by atoms with Crippen molar-refractivity contribution in [1.82, 2.24) is 0 Å². The number of aryl methyl sites for hydroxylation is 2. The third-order valence-corrected chi connectivity index (χ3v) is 4.44. The highest BCUT2D eigenvalue weighted by molar-refractivity contribution is 7.98. The number of nitrogens with zero attached hydrogens (tertiary/aromatic N) is 1. The Bertz CT molecular complexity index is 342. The van der Waals surface area contributed by atoms with E-state index >= 15 is 0 Å². The largest absolute Gasteiger partial charge is 1.00 e. The molecule has 0 N–H and O–H groups in total. The fourth-order valence-electron chi connectivity index (χ4n) is 1.97. The van der Waals surface area contributed by atoms with Crippen LogP contribution in [0.3, 0.4) is 0 Å².